The van der Waals surface area contributed by atoms with E-state index >= 15 is 0 Å². The van der Waals surface area contributed by atoms with Crippen LogP contribution in [0.2, 0.25) is 0 Å². The van der Waals surface area contributed by atoms with E-state index in [1.165, 1.54) is 11.0 Å². The molecule has 0 aromatic carbocycles. The Morgan fingerprint density at radius 1 is 1.23 bits per heavy atom. The van der Waals surface area contributed by atoms with Crippen molar-refractivity contribution in [3.8, 4) is 5.88 Å². The van der Waals surface area contributed by atoms with Crippen molar-refractivity contribution in [1.82, 2.24) is 15.3 Å². The number of amides is 3. The van der Waals surface area contributed by atoms with Gasteiger partial charge in [0.2, 0.25) is 5.88 Å². The van der Waals surface area contributed by atoms with Crippen LogP contribution in [0.25, 0.3) is 0 Å². The number of nitrogens with one attached hydrogen (secondary N) is 2. The Morgan fingerprint density at radius 2 is 2.03 bits per heavy atom. The third kappa shape index (κ3) is 5.86. The van der Waals surface area contributed by atoms with Crippen molar-refractivity contribution in [3.63, 3.8) is 0 Å². The molecule has 3 aliphatic rings. The molecule has 2 bridgehead atoms. The summed E-state index contributed by atoms with van der Waals surface area (Å²) in [5.74, 6) is -0.952. The Kier molecular flexibility index (Phi) is 7.01. The summed E-state index contributed by atoms with van der Waals surface area (Å²) >= 11 is 0. The van der Waals surface area contributed by atoms with Crippen LogP contribution in [-0.4, -0.2) is 78.4 Å². The van der Waals surface area contributed by atoms with E-state index in [4.69, 9.17) is 14.2 Å². The number of aromatic nitrogens is 2. The number of carbonyl (C=O) groups is 2. The highest BCUT2D eigenvalue weighted by Gasteiger charge is 2.41. The van der Waals surface area contributed by atoms with Crippen molar-refractivity contribution < 1.29 is 37.0 Å². The van der Waals surface area contributed by atoms with Crippen molar-refractivity contribution >= 4 is 29.3 Å². The number of ether oxygens (including phenoxy) is 3. The van der Waals surface area contributed by atoms with Crippen LogP contribution < -0.4 is 25.2 Å². The van der Waals surface area contributed by atoms with Gasteiger partial charge in [0, 0.05) is 19.2 Å². The van der Waals surface area contributed by atoms with Crippen LogP contribution in [0.15, 0.2) is 30.3 Å². The predicted molar refractivity (Wildman–Crippen MR) is 134 cm³/mol. The minimum absolute atomic E-state index is 0.196. The zero-order valence-electron chi connectivity index (χ0n) is 21.6. The van der Waals surface area contributed by atoms with Crippen molar-refractivity contribution in [3.05, 3.63) is 36.0 Å². The summed E-state index contributed by atoms with van der Waals surface area (Å²) < 4.78 is 55.8. The molecule has 3 atom stereocenters. The first-order chi connectivity index (χ1) is 18.4. The van der Waals surface area contributed by atoms with E-state index < -0.39 is 29.9 Å². The third-order valence-corrected chi connectivity index (χ3v) is 6.68. The number of pyridine rings is 2. The van der Waals surface area contributed by atoms with Gasteiger partial charge >= 0.3 is 12.2 Å². The van der Waals surface area contributed by atoms with Crippen molar-refractivity contribution in [2.24, 2.45) is 0 Å². The Hall–Kier alpha value is -3.65. The molecule has 0 aliphatic carbocycles. The zero-order valence-corrected chi connectivity index (χ0v) is 21.6. The monoisotopic (exact) mass is 550 g/mol. The lowest BCUT2D eigenvalue weighted by atomic mass is 10.1. The minimum Gasteiger partial charge on any atom is -0.475 e. The summed E-state index contributed by atoms with van der Waals surface area (Å²) in [5, 5.41) is 4.66. The first-order valence-electron chi connectivity index (χ1n) is 12.5. The molecule has 2 fully saturated rings. The summed E-state index contributed by atoms with van der Waals surface area (Å²) in [4.78, 5) is 38.1. The molecule has 0 saturated carbocycles. The summed E-state index contributed by atoms with van der Waals surface area (Å²) in [6, 6.07) is 5.06. The van der Waals surface area contributed by atoms with Crippen LogP contribution in [0.4, 0.5) is 35.3 Å². The molecule has 14 heteroatoms. The standard InChI is InChI=1S/C25H29F3N6O5/c1-14(25(26,27)28)29-22(35)17-7-8-18-21(30-17)34(15-9-10-33(18)11-15)23(36)32-19-5-4-6-20(31-19)37-12-16-13-38-24(2,3)39-16/h4-8,14-16H,9-13H2,1-3H3,(H,29,35)(H,31,32,36)/t14-,15?,16+/m1/s1. The highest BCUT2D eigenvalue weighted by molar-refractivity contribution is 6.05. The fraction of sp³-hybridized carbons (Fsp3) is 0.520. The van der Waals surface area contributed by atoms with E-state index in [2.05, 4.69) is 15.3 Å². The molecule has 5 rings (SSSR count). The number of alkyl halides is 3. The number of carbonyl (C=O) groups excluding carboxylic acids is 2. The fourth-order valence-electron chi connectivity index (χ4n) is 4.71. The quantitative estimate of drug-likeness (QED) is 0.563. The SMILES string of the molecule is C[C@@H](NC(=O)c1ccc2c(n1)N(C(=O)Nc1cccc(OC[C@H]3COC(C)(C)O3)n1)C1CCN2C1)C(F)(F)F. The lowest BCUT2D eigenvalue weighted by Gasteiger charge is -2.35. The molecular formula is C25H29F3N6O5. The predicted octanol–water partition coefficient (Wildman–Crippen LogP) is 3.32. The minimum atomic E-state index is -4.60. The average Bonchev–Trinajstić information content (AvgIpc) is 3.45. The molecule has 3 amide bonds. The second-order valence-corrected chi connectivity index (χ2v) is 10.1. The van der Waals surface area contributed by atoms with Gasteiger partial charge in [0.1, 0.15) is 30.3 Å². The lowest BCUT2D eigenvalue weighted by molar-refractivity contribution is -0.149. The summed E-state index contributed by atoms with van der Waals surface area (Å²) in [6.07, 6.45) is -4.19. The van der Waals surface area contributed by atoms with Crippen molar-refractivity contribution in [2.75, 3.05) is 41.4 Å². The molecule has 1 unspecified atom stereocenters. The second-order valence-electron chi connectivity index (χ2n) is 10.1. The smallest absolute Gasteiger partial charge is 0.408 e. The molecule has 2 aromatic heterocycles. The van der Waals surface area contributed by atoms with Gasteiger partial charge in [0.25, 0.3) is 5.91 Å². The number of fused-ring (bicyclic) bond motifs is 4. The zero-order chi connectivity index (χ0) is 27.9. The van der Waals surface area contributed by atoms with Gasteiger partial charge in [-0.15, -0.1) is 0 Å². The maximum absolute atomic E-state index is 13.4. The molecule has 210 valence electrons. The lowest BCUT2D eigenvalue weighted by Crippen LogP contribution is -2.49. The van der Waals surface area contributed by atoms with Crippen molar-refractivity contribution in [1.29, 1.82) is 0 Å². The number of hydrogen-bond acceptors (Lipinski definition) is 8. The Bertz CT molecular complexity index is 1260. The normalized spacial score (nSPS) is 22.3. The van der Waals surface area contributed by atoms with E-state index in [1.54, 1.807) is 24.3 Å². The van der Waals surface area contributed by atoms with E-state index in [0.717, 1.165) is 6.92 Å². The molecule has 3 aliphatic heterocycles. The summed E-state index contributed by atoms with van der Waals surface area (Å²) in [7, 11) is 0. The average molecular weight is 551 g/mol. The molecule has 39 heavy (non-hydrogen) atoms. The third-order valence-electron chi connectivity index (χ3n) is 6.68. The molecule has 2 N–H and O–H groups in total. The number of hydrogen-bond donors (Lipinski definition) is 2. The van der Waals surface area contributed by atoms with Crippen LogP contribution in [0.3, 0.4) is 0 Å². The van der Waals surface area contributed by atoms with Gasteiger partial charge in [0.15, 0.2) is 11.6 Å². The largest absolute Gasteiger partial charge is 0.475 e. The van der Waals surface area contributed by atoms with E-state index in [9.17, 15) is 22.8 Å². The van der Waals surface area contributed by atoms with Gasteiger partial charge in [-0.05, 0) is 45.4 Å². The first-order valence-corrected chi connectivity index (χ1v) is 12.5. The highest BCUT2D eigenvalue weighted by atomic mass is 19.4. The number of anilines is 3. The van der Waals surface area contributed by atoms with Gasteiger partial charge < -0.3 is 24.4 Å². The van der Waals surface area contributed by atoms with Gasteiger partial charge in [-0.3, -0.25) is 15.0 Å². The van der Waals surface area contributed by atoms with E-state index in [1.807, 2.05) is 24.1 Å². The number of nitrogens with zero attached hydrogens (tertiary/aromatic N) is 4. The van der Waals surface area contributed by atoms with Crippen LogP contribution in [-0.2, 0) is 9.47 Å². The van der Waals surface area contributed by atoms with Crippen LogP contribution in [0.1, 0.15) is 37.7 Å². The topological polar surface area (TPSA) is 118 Å². The fourth-order valence-corrected chi connectivity index (χ4v) is 4.71. The molecule has 2 saturated heterocycles. The van der Waals surface area contributed by atoms with E-state index in [-0.39, 0.29) is 42.0 Å². The molecule has 2 aromatic rings. The molecule has 0 spiro atoms. The summed E-state index contributed by atoms with van der Waals surface area (Å²) in [6.45, 7) is 6.32. The van der Waals surface area contributed by atoms with Gasteiger partial charge in [0.05, 0.1) is 18.3 Å². The number of urea groups is 1. The van der Waals surface area contributed by atoms with E-state index in [0.29, 0.717) is 31.8 Å². The van der Waals surface area contributed by atoms with Crippen molar-refractivity contribution in [2.45, 2.75) is 57.3 Å². The molecule has 5 heterocycles. The Labute approximate surface area is 222 Å². The van der Waals surface area contributed by atoms with Gasteiger partial charge in [-0.1, -0.05) is 6.07 Å². The van der Waals surface area contributed by atoms with Gasteiger partial charge in [-0.2, -0.15) is 18.2 Å². The Morgan fingerprint density at radius 3 is 2.74 bits per heavy atom. The highest BCUT2D eigenvalue weighted by Crippen LogP contribution is 2.39. The molecular weight excluding hydrogens is 521 g/mol. The maximum atomic E-state index is 13.4. The molecule has 0 radical (unpaired) electrons. The Balaban J connectivity index is 1.31. The first kappa shape index (κ1) is 26.9. The number of halogens is 3. The number of rotatable bonds is 6. The summed E-state index contributed by atoms with van der Waals surface area (Å²) in [5.41, 5.74) is 0.394. The van der Waals surface area contributed by atoms with Gasteiger partial charge in [-0.25, -0.2) is 9.78 Å². The maximum Gasteiger partial charge on any atom is 0.408 e. The van der Waals surface area contributed by atoms with Crippen LogP contribution in [0.5, 0.6) is 5.88 Å². The van der Waals surface area contributed by atoms with Crippen LogP contribution >= 0.6 is 0 Å². The second kappa shape index (κ2) is 10.2. The van der Waals surface area contributed by atoms with Crippen LogP contribution in [0, 0.1) is 0 Å². The molecule has 11 nitrogen and oxygen atoms in total.